The molecule has 0 spiro atoms. The fourth-order valence-corrected chi connectivity index (χ4v) is 3.25. The number of rotatable bonds is 3. The van der Waals surface area contributed by atoms with Gasteiger partial charge < -0.3 is 29.0 Å². The maximum atomic E-state index is 10.3. The molecule has 16 heteroatoms. The van der Waals surface area contributed by atoms with E-state index in [0.717, 1.165) is 72.8 Å². The van der Waals surface area contributed by atoms with Gasteiger partial charge in [-0.05, 0) is 72.8 Å². The molecule has 0 bridgehead atoms. The lowest BCUT2D eigenvalue weighted by Gasteiger charge is -2.05. The maximum Gasteiger partial charge on any atom is 0.124 e. The highest BCUT2D eigenvalue weighted by molar-refractivity contribution is 7.86. The predicted octanol–water partition coefficient (Wildman–Crippen LogP) is 0.508. The molecule has 3 rings (SSSR count). The van der Waals surface area contributed by atoms with Crippen molar-refractivity contribution in [2.75, 3.05) is 0 Å². The molecular weight excluding hydrogens is 531 g/mol. The minimum absolute atomic E-state index is 0. The van der Waals surface area contributed by atoms with Crippen LogP contribution >= 0.6 is 0 Å². The largest absolute Gasteiger partial charge is 0.744 e. The molecule has 3 aromatic rings. The lowest BCUT2D eigenvalue weighted by molar-refractivity contribution is 0.458. The summed E-state index contributed by atoms with van der Waals surface area (Å²) in [5.41, 5.74) is 0. The first kappa shape index (κ1) is 31.3. The van der Waals surface area contributed by atoms with Crippen LogP contribution in [-0.4, -0.2) is 71.6 Å². The van der Waals surface area contributed by atoms with E-state index in [1.54, 1.807) is 0 Å². The van der Waals surface area contributed by atoms with Crippen LogP contribution in [0, 0.1) is 0 Å². The number of hydrogen-bond donors (Lipinski definition) is 3. The molecule has 34 heavy (non-hydrogen) atoms. The van der Waals surface area contributed by atoms with Crippen molar-refractivity contribution < 1.29 is 54.2 Å². The molecular formula is C18H15AlO12S3-3. The number of benzene rings is 3. The van der Waals surface area contributed by atoms with Crippen molar-refractivity contribution in [2.24, 2.45) is 0 Å². The lowest BCUT2D eigenvalue weighted by atomic mass is 10.3. The summed E-state index contributed by atoms with van der Waals surface area (Å²) in [6, 6.07) is 13.2. The molecule has 0 aliphatic rings. The SMILES string of the molecule is O=S(=O)([O-])c1ccc(O)cc1.O=S(=O)([O-])c1ccc(O)cc1.O=S(=O)([O-])c1ccc(O)cc1.[Al]. The summed E-state index contributed by atoms with van der Waals surface area (Å²) >= 11 is 0. The van der Waals surface area contributed by atoms with Crippen LogP contribution in [0.5, 0.6) is 17.2 Å². The van der Waals surface area contributed by atoms with Gasteiger partial charge in [0.25, 0.3) is 0 Å². The molecule has 0 aliphatic heterocycles. The van der Waals surface area contributed by atoms with Gasteiger partial charge in [0.05, 0.1) is 14.7 Å². The molecule has 0 heterocycles. The van der Waals surface area contributed by atoms with Crippen LogP contribution in [0.4, 0.5) is 0 Å². The van der Waals surface area contributed by atoms with Crippen molar-refractivity contribution >= 4 is 47.7 Å². The maximum absolute atomic E-state index is 10.3. The van der Waals surface area contributed by atoms with Crippen LogP contribution < -0.4 is 0 Å². The van der Waals surface area contributed by atoms with Gasteiger partial charge in [-0.25, -0.2) is 25.3 Å². The number of hydrogen-bond acceptors (Lipinski definition) is 12. The molecule has 0 aromatic heterocycles. The first-order valence-electron chi connectivity index (χ1n) is 8.25. The molecule has 0 saturated carbocycles. The van der Waals surface area contributed by atoms with Gasteiger partial charge in [-0.1, -0.05) is 0 Å². The monoisotopic (exact) mass is 546 g/mol. The second-order valence-electron chi connectivity index (χ2n) is 5.84. The van der Waals surface area contributed by atoms with Gasteiger partial charge in [0.1, 0.15) is 47.6 Å². The normalized spacial score (nSPS) is 11.0. The smallest absolute Gasteiger partial charge is 0.124 e. The van der Waals surface area contributed by atoms with Gasteiger partial charge in [-0.3, -0.25) is 0 Å². The van der Waals surface area contributed by atoms with E-state index in [1.807, 2.05) is 0 Å². The second-order valence-corrected chi connectivity index (χ2v) is 9.98. The van der Waals surface area contributed by atoms with Crippen molar-refractivity contribution in [3.05, 3.63) is 72.8 Å². The van der Waals surface area contributed by atoms with E-state index in [4.69, 9.17) is 15.3 Å². The Morgan fingerprint density at radius 2 is 0.559 bits per heavy atom. The molecule has 183 valence electrons. The Kier molecular flexibility index (Phi) is 11.7. The van der Waals surface area contributed by atoms with Crippen molar-refractivity contribution in [1.29, 1.82) is 0 Å². The van der Waals surface area contributed by atoms with Gasteiger partial charge in [0.2, 0.25) is 0 Å². The van der Waals surface area contributed by atoms with Crippen LogP contribution in [0.1, 0.15) is 0 Å². The Morgan fingerprint density at radius 1 is 0.412 bits per heavy atom. The second kappa shape index (κ2) is 12.7. The summed E-state index contributed by atoms with van der Waals surface area (Å²) in [4.78, 5) is -1.01. The fraction of sp³-hybridized carbons (Fsp3) is 0. The molecule has 3 N–H and O–H groups in total. The Labute approximate surface area is 206 Å². The third-order valence-corrected chi connectivity index (χ3v) is 5.92. The number of phenols is 3. The van der Waals surface area contributed by atoms with Crippen molar-refractivity contribution in [1.82, 2.24) is 0 Å². The molecule has 3 radical (unpaired) electrons. The van der Waals surface area contributed by atoms with E-state index >= 15 is 0 Å². The topological polar surface area (TPSA) is 232 Å². The highest BCUT2D eigenvalue weighted by atomic mass is 32.2. The first-order chi connectivity index (χ1) is 15.0. The number of phenolic OH excluding ortho intramolecular Hbond substituents is 3. The average molecular weight is 546 g/mol. The molecule has 0 fully saturated rings. The summed E-state index contributed by atoms with van der Waals surface area (Å²) in [7, 11) is -13.1. The Balaban J connectivity index is 0.000000473. The predicted molar refractivity (Wildman–Crippen MR) is 114 cm³/mol. The lowest BCUT2D eigenvalue weighted by Crippen LogP contribution is -1.97. The Bertz CT molecular complexity index is 1190. The zero-order valence-electron chi connectivity index (χ0n) is 16.7. The highest BCUT2D eigenvalue weighted by Crippen LogP contribution is 2.14. The van der Waals surface area contributed by atoms with E-state index < -0.39 is 30.4 Å². The van der Waals surface area contributed by atoms with Crippen LogP contribution in [-0.2, 0) is 30.4 Å². The van der Waals surface area contributed by atoms with Gasteiger partial charge in [-0.2, -0.15) is 0 Å². The highest BCUT2D eigenvalue weighted by Gasteiger charge is 2.00. The molecule has 0 aliphatic carbocycles. The zero-order valence-corrected chi connectivity index (χ0v) is 20.4. The first-order valence-corrected chi connectivity index (χ1v) is 12.5. The molecule has 3 aromatic carbocycles. The molecule has 0 unspecified atom stereocenters. The minimum atomic E-state index is -4.38. The fourth-order valence-electron chi connectivity index (χ4n) is 1.84. The molecule has 0 amide bonds. The van der Waals surface area contributed by atoms with E-state index in [1.165, 1.54) is 0 Å². The Hall–Kier alpha value is -2.68. The average Bonchev–Trinajstić information content (AvgIpc) is 2.68. The van der Waals surface area contributed by atoms with E-state index in [0.29, 0.717) is 0 Å². The third kappa shape index (κ3) is 11.5. The molecule has 12 nitrogen and oxygen atoms in total. The minimum Gasteiger partial charge on any atom is -0.744 e. The summed E-state index contributed by atoms with van der Waals surface area (Å²) in [5, 5.41) is 26.2. The van der Waals surface area contributed by atoms with Crippen LogP contribution in [0.2, 0.25) is 0 Å². The van der Waals surface area contributed by atoms with E-state index in [2.05, 4.69) is 0 Å². The van der Waals surface area contributed by atoms with Crippen molar-refractivity contribution in [2.45, 2.75) is 14.7 Å². The van der Waals surface area contributed by atoms with Gasteiger partial charge in [0.15, 0.2) is 0 Å². The summed E-state index contributed by atoms with van der Waals surface area (Å²) < 4.78 is 92.8. The Morgan fingerprint density at radius 3 is 0.676 bits per heavy atom. The zero-order chi connectivity index (χ0) is 25.4. The van der Waals surface area contributed by atoms with Gasteiger partial charge in [-0.15, -0.1) is 0 Å². The van der Waals surface area contributed by atoms with Gasteiger partial charge in [0, 0.05) is 17.4 Å². The summed E-state index contributed by atoms with van der Waals surface area (Å²) in [6.07, 6.45) is 0. The molecule has 0 saturated heterocycles. The summed E-state index contributed by atoms with van der Waals surface area (Å²) in [5.74, 6) is -0.216. The van der Waals surface area contributed by atoms with E-state index in [-0.39, 0.29) is 49.3 Å². The van der Waals surface area contributed by atoms with Crippen LogP contribution in [0.15, 0.2) is 87.5 Å². The van der Waals surface area contributed by atoms with E-state index in [9.17, 15) is 38.9 Å². The standard InChI is InChI=1S/3C6H6O4S.Al/c3*7-5-1-3-6(4-2-5)11(8,9)10;/h3*1-4,7H,(H,8,9,10);/p-3. The van der Waals surface area contributed by atoms with Crippen LogP contribution in [0.25, 0.3) is 0 Å². The third-order valence-electron chi connectivity index (χ3n) is 3.38. The number of aromatic hydroxyl groups is 3. The quantitative estimate of drug-likeness (QED) is 0.301. The van der Waals surface area contributed by atoms with Crippen molar-refractivity contribution in [3.8, 4) is 17.2 Å². The summed E-state index contributed by atoms with van der Waals surface area (Å²) in [6.45, 7) is 0. The van der Waals surface area contributed by atoms with Crippen molar-refractivity contribution in [3.63, 3.8) is 0 Å². The van der Waals surface area contributed by atoms with Crippen LogP contribution in [0.3, 0.4) is 0 Å². The molecule has 0 atom stereocenters. The van der Waals surface area contributed by atoms with Gasteiger partial charge >= 0.3 is 0 Å².